The number of aliphatic carboxylic acids is 1. The van der Waals surface area contributed by atoms with Crippen LogP contribution in [0.3, 0.4) is 0 Å². The molecular formula is C22H22BrNO3. The van der Waals surface area contributed by atoms with E-state index in [1.807, 2.05) is 42.5 Å². The molecule has 1 saturated carbocycles. The summed E-state index contributed by atoms with van der Waals surface area (Å²) in [7, 11) is 0. The lowest BCUT2D eigenvalue weighted by molar-refractivity contribution is -0.136. The largest absolute Gasteiger partial charge is 0.490 e. The monoisotopic (exact) mass is 427 g/mol. The third kappa shape index (κ3) is 4.03. The number of nitrogens with one attached hydrogen (secondary N) is 1. The van der Waals surface area contributed by atoms with Crippen molar-refractivity contribution < 1.29 is 14.6 Å². The molecule has 1 aliphatic carbocycles. The third-order valence-electron chi connectivity index (χ3n) is 5.17. The zero-order chi connectivity index (χ0) is 18.8. The van der Waals surface area contributed by atoms with Crippen molar-refractivity contribution in [2.24, 2.45) is 0 Å². The maximum atomic E-state index is 11.5. The van der Waals surface area contributed by atoms with Crippen LogP contribution in [-0.2, 0) is 11.2 Å². The van der Waals surface area contributed by atoms with Gasteiger partial charge in [-0.3, -0.25) is 4.79 Å². The normalized spacial score (nSPS) is 15.1. The van der Waals surface area contributed by atoms with Crippen molar-refractivity contribution in [1.82, 2.24) is 4.98 Å². The number of carboxylic acid groups (broad SMARTS) is 1. The molecule has 0 unspecified atom stereocenters. The zero-order valence-electron chi connectivity index (χ0n) is 15.0. The first kappa shape index (κ1) is 18.1. The lowest BCUT2D eigenvalue weighted by Gasteiger charge is -2.23. The molecule has 0 atom stereocenters. The Morgan fingerprint density at radius 1 is 1.15 bits per heavy atom. The van der Waals surface area contributed by atoms with Crippen molar-refractivity contribution in [3.63, 3.8) is 0 Å². The summed E-state index contributed by atoms with van der Waals surface area (Å²) < 4.78 is 7.15. The van der Waals surface area contributed by atoms with Crippen molar-refractivity contribution in [1.29, 1.82) is 0 Å². The van der Waals surface area contributed by atoms with Crippen LogP contribution in [0.2, 0.25) is 0 Å². The Morgan fingerprint density at radius 3 is 2.70 bits per heavy atom. The van der Waals surface area contributed by atoms with Gasteiger partial charge >= 0.3 is 5.97 Å². The van der Waals surface area contributed by atoms with Crippen molar-refractivity contribution in [2.75, 3.05) is 0 Å². The molecule has 3 aromatic rings. The third-order valence-corrected chi connectivity index (χ3v) is 5.67. The van der Waals surface area contributed by atoms with Crippen molar-refractivity contribution in [2.45, 2.75) is 44.6 Å². The number of aromatic nitrogens is 1. The molecule has 140 valence electrons. The van der Waals surface area contributed by atoms with Gasteiger partial charge in [0.25, 0.3) is 0 Å². The van der Waals surface area contributed by atoms with E-state index in [1.165, 1.54) is 19.3 Å². The van der Waals surface area contributed by atoms with Crippen LogP contribution in [0.25, 0.3) is 22.2 Å². The highest BCUT2D eigenvalue weighted by Crippen LogP contribution is 2.34. The Kier molecular flexibility index (Phi) is 5.21. The molecule has 27 heavy (non-hydrogen) atoms. The maximum absolute atomic E-state index is 11.5. The molecule has 1 aromatic heterocycles. The highest BCUT2D eigenvalue weighted by atomic mass is 79.9. The topological polar surface area (TPSA) is 62.3 Å². The van der Waals surface area contributed by atoms with E-state index in [9.17, 15) is 9.90 Å². The zero-order valence-corrected chi connectivity index (χ0v) is 16.6. The molecule has 0 bridgehead atoms. The Hall–Kier alpha value is -2.27. The van der Waals surface area contributed by atoms with Crippen LogP contribution in [0.4, 0.5) is 0 Å². The number of H-pyrrole nitrogens is 1. The molecule has 1 heterocycles. The number of benzene rings is 2. The Labute approximate surface area is 166 Å². The number of hydrogen-bond acceptors (Lipinski definition) is 2. The molecule has 1 fully saturated rings. The number of hydrogen-bond donors (Lipinski definition) is 2. The van der Waals surface area contributed by atoms with Crippen LogP contribution in [-0.4, -0.2) is 22.2 Å². The number of rotatable bonds is 5. The first-order valence-corrected chi connectivity index (χ1v) is 10.2. The van der Waals surface area contributed by atoms with E-state index in [0.29, 0.717) is 0 Å². The van der Waals surface area contributed by atoms with Gasteiger partial charge in [0.1, 0.15) is 5.75 Å². The smallest absolute Gasteiger partial charge is 0.307 e. The average molecular weight is 428 g/mol. The first-order valence-electron chi connectivity index (χ1n) is 9.39. The van der Waals surface area contributed by atoms with E-state index in [4.69, 9.17) is 4.74 Å². The fraction of sp³-hybridized carbons (Fsp3) is 0.318. The quantitative estimate of drug-likeness (QED) is 0.529. The summed E-state index contributed by atoms with van der Waals surface area (Å²) in [4.78, 5) is 14.9. The van der Waals surface area contributed by atoms with E-state index in [2.05, 4.69) is 20.9 Å². The van der Waals surface area contributed by atoms with Gasteiger partial charge < -0.3 is 14.8 Å². The van der Waals surface area contributed by atoms with E-state index >= 15 is 0 Å². The highest BCUT2D eigenvalue weighted by Gasteiger charge is 2.19. The number of ether oxygens (including phenoxy) is 1. The maximum Gasteiger partial charge on any atom is 0.307 e. The number of fused-ring (bicyclic) bond motifs is 1. The van der Waals surface area contributed by atoms with Crippen molar-refractivity contribution in [3.05, 3.63) is 52.5 Å². The van der Waals surface area contributed by atoms with E-state index < -0.39 is 5.97 Å². The second kappa shape index (κ2) is 7.77. The summed E-state index contributed by atoms with van der Waals surface area (Å²) in [5.41, 5.74) is 3.54. The fourth-order valence-electron chi connectivity index (χ4n) is 3.90. The molecule has 1 aliphatic rings. The number of halogens is 1. The van der Waals surface area contributed by atoms with Crippen LogP contribution >= 0.6 is 15.9 Å². The second-order valence-corrected chi connectivity index (χ2v) is 8.06. The predicted octanol–water partition coefficient (Wildman–Crippen LogP) is 5.94. The predicted molar refractivity (Wildman–Crippen MR) is 110 cm³/mol. The molecule has 4 nitrogen and oxygen atoms in total. The summed E-state index contributed by atoms with van der Waals surface area (Å²) in [5, 5.41) is 10.4. The minimum absolute atomic E-state index is 0.0330. The van der Waals surface area contributed by atoms with Gasteiger partial charge in [-0.25, -0.2) is 0 Å². The summed E-state index contributed by atoms with van der Waals surface area (Å²) in [6.07, 6.45) is 6.14. The van der Waals surface area contributed by atoms with Gasteiger partial charge in [-0.05, 0) is 67.1 Å². The standard InChI is InChI=1S/C22H22BrNO3/c23-15-6-4-5-14(11-15)22-19(13-21(25)26)18-12-17(9-10-20(18)24-22)27-16-7-2-1-3-8-16/h4-6,9-12,16,24H,1-3,7-8,13H2,(H,25,26). The van der Waals surface area contributed by atoms with Crippen LogP contribution in [0, 0.1) is 0 Å². The van der Waals surface area contributed by atoms with E-state index in [1.54, 1.807) is 0 Å². The van der Waals surface area contributed by atoms with Gasteiger partial charge in [-0.15, -0.1) is 0 Å². The molecule has 2 aromatic carbocycles. The molecule has 0 radical (unpaired) electrons. The summed E-state index contributed by atoms with van der Waals surface area (Å²) in [6, 6.07) is 13.8. The van der Waals surface area contributed by atoms with Gasteiger partial charge in [-0.2, -0.15) is 0 Å². The SMILES string of the molecule is O=C(O)Cc1c(-c2cccc(Br)c2)[nH]c2ccc(OC3CCCCC3)cc12. The fourth-order valence-corrected chi connectivity index (χ4v) is 4.30. The Bertz CT molecular complexity index is 973. The number of carbonyl (C=O) groups is 1. The van der Waals surface area contributed by atoms with Gasteiger partial charge in [0.15, 0.2) is 0 Å². The second-order valence-electron chi connectivity index (χ2n) is 7.14. The summed E-state index contributed by atoms with van der Waals surface area (Å²) in [6.45, 7) is 0. The lowest BCUT2D eigenvalue weighted by Crippen LogP contribution is -2.19. The van der Waals surface area contributed by atoms with Crippen LogP contribution in [0.1, 0.15) is 37.7 Å². The number of carboxylic acids is 1. The van der Waals surface area contributed by atoms with Crippen molar-refractivity contribution in [3.8, 4) is 17.0 Å². The molecule has 4 rings (SSSR count). The van der Waals surface area contributed by atoms with Gasteiger partial charge in [0, 0.05) is 15.4 Å². The molecular weight excluding hydrogens is 406 g/mol. The van der Waals surface area contributed by atoms with Crippen LogP contribution in [0.15, 0.2) is 46.9 Å². The van der Waals surface area contributed by atoms with Crippen LogP contribution in [0.5, 0.6) is 5.75 Å². The number of aromatic amines is 1. The highest BCUT2D eigenvalue weighted by molar-refractivity contribution is 9.10. The van der Waals surface area contributed by atoms with Crippen LogP contribution < -0.4 is 4.74 Å². The molecule has 2 N–H and O–H groups in total. The molecule has 0 saturated heterocycles. The van der Waals surface area contributed by atoms with Gasteiger partial charge in [-0.1, -0.05) is 34.5 Å². The first-order chi connectivity index (χ1) is 13.1. The molecule has 0 aliphatic heterocycles. The molecule has 5 heteroatoms. The molecule has 0 spiro atoms. The van der Waals surface area contributed by atoms with E-state index in [0.717, 1.165) is 50.8 Å². The summed E-state index contributed by atoms with van der Waals surface area (Å²) >= 11 is 3.50. The Balaban J connectivity index is 1.76. The van der Waals surface area contributed by atoms with Gasteiger partial charge in [0.2, 0.25) is 0 Å². The minimum Gasteiger partial charge on any atom is -0.490 e. The summed E-state index contributed by atoms with van der Waals surface area (Å²) in [5.74, 6) is -0.0217. The lowest BCUT2D eigenvalue weighted by atomic mass is 9.98. The molecule has 0 amide bonds. The van der Waals surface area contributed by atoms with E-state index in [-0.39, 0.29) is 12.5 Å². The van der Waals surface area contributed by atoms with Crippen molar-refractivity contribution >= 4 is 32.8 Å². The average Bonchev–Trinajstić information content (AvgIpc) is 3.00. The Morgan fingerprint density at radius 2 is 1.96 bits per heavy atom. The minimum atomic E-state index is -0.842. The van der Waals surface area contributed by atoms with Gasteiger partial charge in [0.05, 0.1) is 18.2 Å².